The predicted octanol–water partition coefficient (Wildman–Crippen LogP) is 3.89. The molecule has 2 rings (SSSR count). The summed E-state index contributed by atoms with van der Waals surface area (Å²) < 4.78 is 44.5. The quantitative estimate of drug-likeness (QED) is 0.794. The molecule has 0 heterocycles. The van der Waals surface area contributed by atoms with Crippen LogP contribution in [0.15, 0.2) is 36.4 Å². The van der Waals surface area contributed by atoms with Crippen LogP contribution in [-0.2, 0) is 6.61 Å². The van der Waals surface area contributed by atoms with Crippen LogP contribution < -0.4 is 4.74 Å². The van der Waals surface area contributed by atoms with Gasteiger partial charge in [0.2, 0.25) is 0 Å². The smallest absolute Gasteiger partial charge is 0.163 e. The number of halogens is 3. The van der Waals surface area contributed by atoms with Crippen LogP contribution in [0, 0.1) is 17.5 Å². The Hall–Kier alpha value is -2.30. The summed E-state index contributed by atoms with van der Waals surface area (Å²) >= 11 is 0. The van der Waals surface area contributed by atoms with Crippen molar-refractivity contribution in [3.05, 3.63) is 65.0 Å². The van der Waals surface area contributed by atoms with Crippen LogP contribution in [0.3, 0.4) is 0 Å². The topological polar surface area (TPSA) is 26.3 Å². The fourth-order valence-electron chi connectivity index (χ4n) is 1.76. The average Bonchev–Trinajstić information content (AvgIpc) is 2.35. The molecule has 20 heavy (non-hydrogen) atoms. The molecule has 0 atom stereocenters. The van der Waals surface area contributed by atoms with Crippen LogP contribution in [0.1, 0.15) is 22.8 Å². The van der Waals surface area contributed by atoms with E-state index in [0.29, 0.717) is 0 Å². The van der Waals surface area contributed by atoms with Gasteiger partial charge in [0.25, 0.3) is 0 Å². The summed E-state index contributed by atoms with van der Waals surface area (Å²) in [7, 11) is 0. The van der Waals surface area contributed by atoms with Gasteiger partial charge in [-0.25, -0.2) is 13.2 Å². The molecule has 0 fully saturated rings. The molecule has 0 amide bonds. The summed E-state index contributed by atoms with van der Waals surface area (Å²) in [6.07, 6.45) is 0. The molecule has 0 spiro atoms. The average molecular weight is 280 g/mol. The normalized spacial score (nSPS) is 10.4. The minimum absolute atomic E-state index is 0.0437. The summed E-state index contributed by atoms with van der Waals surface area (Å²) in [6.45, 7) is 1.15. The van der Waals surface area contributed by atoms with E-state index in [2.05, 4.69) is 0 Å². The number of carbonyl (C=O) groups excluding carboxylic acids is 1. The Balaban J connectivity index is 2.22. The lowest BCUT2D eigenvalue weighted by Gasteiger charge is -2.10. The molecule has 0 saturated heterocycles. The lowest BCUT2D eigenvalue weighted by molar-refractivity contribution is 0.101. The Morgan fingerprint density at radius 2 is 1.65 bits per heavy atom. The molecular formula is C15H11F3O2. The number of carbonyl (C=O) groups is 1. The molecule has 0 unspecified atom stereocenters. The number of ether oxygens (including phenoxy) is 1. The van der Waals surface area contributed by atoms with E-state index in [1.165, 1.54) is 13.0 Å². The van der Waals surface area contributed by atoms with Gasteiger partial charge in [0.05, 0.1) is 5.56 Å². The van der Waals surface area contributed by atoms with Crippen molar-refractivity contribution in [3.63, 3.8) is 0 Å². The third kappa shape index (κ3) is 3.38. The van der Waals surface area contributed by atoms with Crippen LogP contribution in [0.25, 0.3) is 0 Å². The first-order valence-electron chi connectivity index (χ1n) is 5.84. The molecule has 0 bridgehead atoms. The van der Waals surface area contributed by atoms with E-state index < -0.39 is 17.5 Å². The van der Waals surface area contributed by atoms with Crippen LogP contribution in [0.4, 0.5) is 13.2 Å². The maximum Gasteiger partial charge on any atom is 0.163 e. The van der Waals surface area contributed by atoms with Crippen molar-refractivity contribution in [1.29, 1.82) is 0 Å². The van der Waals surface area contributed by atoms with Gasteiger partial charge in [-0.15, -0.1) is 0 Å². The Labute approximate surface area is 113 Å². The largest absolute Gasteiger partial charge is 0.488 e. The van der Waals surface area contributed by atoms with Crippen molar-refractivity contribution in [2.45, 2.75) is 13.5 Å². The Kier molecular flexibility index (Phi) is 4.08. The van der Waals surface area contributed by atoms with E-state index in [4.69, 9.17) is 4.74 Å². The maximum absolute atomic E-state index is 13.2. The number of hydrogen-bond donors (Lipinski definition) is 0. The molecule has 0 aliphatic heterocycles. The first-order valence-corrected chi connectivity index (χ1v) is 5.84. The molecule has 2 aromatic rings. The highest BCUT2D eigenvalue weighted by Crippen LogP contribution is 2.22. The SMILES string of the molecule is CC(=O)c1ccc(F)cc1OCc1cc(F)cc(F)c1. The zero-order chi connectivity index (χ0) is 14.7. The molecule has 0 saturated carbocycles. The van der Waals surface area contributed by atoms with Crippen LogP contribution >= 0.6 is 0 Å². The number of benzene rings is 2. The highest BCUT2D eigenvalue weighted by Gasteiger charge is 2.10. The standard InChI is InChI=1S/C15H11F3O2/c1-9(19)14-3-2-11(16)7-15(14)20-8-10-4-12(17)6-13(18)5-10/h2-7H,8H2,1H3. The number of Topliss-reactive ketones (excluding diaryl/α,β-unsaturated/α-hetero) is 1. The van der Waals surface area contributed by atoms with Gasteiger partial charge in [0, 0.05) is 12.1 Å². The van der Waals surface area contributed by atoms with Gasteiger partial charge >= 0.3 is 0 Å². The second kappa shape index (κ2) is 5.77. The van der Waals surface area contributed by atoms with Gasteiger partial charge in [-0.1, -0.05) is 0 Å². The zero-order valence-electron chi connectivity index (χ0n) is 10.6. The Morgan fingerprint density at radius 3 is 2.25 bits per heavy atom. The molecular weight excluding hydrogens is 269 g/mol. The van der Waals surface area contributed by atoms with Gasteiger partial charge < -0.3 is 4.74 Å². The molecule has 0 radical (unpaired) electrons. The van der Waals surface area contributed by atoms with E-state index in [1.807, 2.05) is 0 Å². The molecule has 0 aliphatic rings. The summed E-state index contributed by atoms with van der Waals surface area (Å²) in [4.78, 5) is 11.4. The number of ketones is 1. The first-order chi connectivity index (χ1) is 9.45. The molecule has 2 aromatic carbocycles. The summed E-state index contributed by atoms with van der Waals surface area (Å²) in [5, 5.41) is 0. The minimum atomic E-state index is -0.727. The monoisotopic (exact) mass is 280 g/mol. The van der Waals surface area contributed by atoms with Crippen LogP contribution in [0.5, 0.6) is 5.75 Å². The van der Waals surface area contributed by atoms with Gasteiger partial charge in [0.1, 0.15) is 29.8 Å². The summed E-state index contributed by atoms with van der Waals surface area (Å²) in [5.41, 5.74) is 0.463. The van der Waals surface area contributed by atoms with E-state index in [9.17, 15) is 18.0 Å². The van der Waals surface area contributed by atoms with Gasteiger partial charge in [-0.3, -0.25) is 4.79 Å². The van der Waals surface area contributed by atoms with Crippen molar-refractivity contribution in [1.82, 2.24) is 0 Å². The van der Waals surface area contributed by atoms with E-state index in [1.54, 1.807) is 0 Å². The van der Waals surface area contributed by atoms with Crippen molar-refractivity contribution in [3.8, 4) is 5.75 Å². The van der Waals surface area contributed by atoms with E-state index >= 15 is 0 Å². The lowest BCUT2D eigenvalue weighted by Crippen LogP contribution is -2.03. The molecule has 0 N–H and O–H groups in total. The van der Waals surface area contributed by atoms with Crippen molar-refractivity contribution < 1.29 is 22.7 Å². The fraction of sp³-hybridized carbons (Fsp3) is 0.133. The van der Waals surface area contributed by atoms with Gasteiger partial charge in [-0.05, 0) is 36.8 Å². The summed E-state index contributed by atoms with van der Waals surface area (Å²) in [5.74, 6) is -2.26. The van der Waals surface area contributed by atoms with Crippen LogP contribution in [0.2, 0.25) is 0 Å². The molecule has 2 nitrogen and oxygen atoms in total. The van der Waals surface area contributed by atoms with E-state index in [0.717, 1.165) is 30.3 Å². The van der Waals surface area contributed by atoms with Crippen molar-refractivity contribution in [2.24, 2.45) is 0 Å². The highest BCUT2D eigenvalue weighted by molar-refractivity contribution is 5.96. The van der Waals surface area contributed by atoms with E-state index in [-0.39, 0.29) is 29.3 Å². The third-order valence-electron chi connectivity index (χ3n) is 2.64. The number of rotatable bonds is 4. The second-order valence-electron chi connectivity index (χ2n) is 4.26. The molecule has 5 heteroatoms. The second-order valence-corrected chi connectivity index (χ2v) is 4.26. The maximum atomic E-state index is 13.2. The zero-order valence-corrected chi connectivity index (χ0v) is 10.6. The molecule has 0 aliphatic carbocycles. The van der Waals surface area contributed by atoms with Crippen molar-refractivity contribution in [2.75, 3.05) is 0 Å². The number of hydrogen-bond acceptors (Lipinski definition) is 2. The Bertz CT molecular complexity index is 633. The van der Waals surface area contributed by atoms with Gasteiger partial charge in [0.15, 0.2) is 5.78 Å². The Morgan fingerprint density at radius 1 is 1.00 bits per heavy atom. The first kappa shape index (κ1) is 14.1. The molecule has 0 aromatic heterocycles. The third-order valence-corrected chi connectivity index (χ3v) is 2.64. The van der Waals surface area contributed by atoms with Crippen LogP contribution in [-0.4, -0.2) is 5.78 Å². The summed E-state index contributed by atoms with van der Waals surface area (Å²) in [6, 6.07) is 6.47. The molecule has 104 valence electrons. The fourth-order valence-corrected chi connectivity index (χ4v) is 1.76. The van der Waals surface area contributed by atoms with Gasteiger partial charge in [-0.2, -0.15) is 0 Å². The minimum Gasteiger partial charge on any atom is -0.488 e. The lowest BCUT2D eigenvalue weighted by atomic mass is 10.1. The highest BCUT2D eigenvalue weighted by atomic mass is 19.1. The van der Waals surface area contributed by atoms with Crippen molar-refractivity contribution >= 4 is 5.78 Å². The predicted molar refractivity (Wildman–Crippen MR) is 67.1 cm³/mol.